The van der Waals surface area contributed by atoms with Crippen molar-refractivity contribution in [2.45, 2.75) is 78.9 Å². The van der Waals surface area contributed by atoms with E-state index in [9.17, 15) is 0 Å². The third kappa shape index (κ3) is 30.9. The molecule has 0 saturated carbocycles. The molecule has 0 amide bonds. The zero-order valence-electron chi connectivity index (χ0n) is 18.2. The first kappa shape index (κ1) is 34.8. The van der Waals surface area contributed by atoms with E-state index in [0.717, 1.165) is 19.3 Å². The Kier molecular flexibility index (Phi) is 41.4. The Bertz CT molecular complexity index is 264. The minimum atomic E-state index is 0. The van der Waals surface area contributed by atoms with Crippen LogP contribution in [0.5, 0.6) is 0 Å². The van der Waals surface area contributed by atoms with Crippen LogP contribution >= 0.6 is 0 Å². The Hall–Kier alpha value is 0.542. The topological polar surface area (TPSA) is 40.6 Å². The molecule has 0 rings (SSSR count). The van der Waals surface area contributed by atoms with E-state index < -0.39 is 0 Å². The molecule has 3 atom stereocenters. The van der Waals surface area contributed by atoms with Crippen LogP contribution in [0.4, 0.5) is 0 Å². The van der Waals surface area contributed by atoms with Crippen LogP contribution in [0, 0.1) is 0 Å². The third-order valence-corrected chi connectivity index (χ3v) is 2.97. The first-order valence-corrected chi connectivity index (χ1v) is 7.70. The Labute approximate surface area is 183 Å². The number of hydrogen-bond donors (Lipinski definition) is 0. The molecule has 0 spiro atoms. The molecule has 23 heavy (non-hydrogen) atoms. The average molecular weight is 301 g/mol. The van der Waals surface area contributed by atoms with Crippen LogP contribution in [0.25, 0.3) is 10.6 Å². The molecule has 120 valence electrons. The Morgan fingerprint density at radius 2 is 1.26 bits per heavy atom. The maximum absolute atomic E-state index is 4.27. The number of allylic oxidation sites excluding steroid dienone is 1. The van der Waals surface area contributed by atoms with E-state index in [1.54, 1.807) is 24.7 Å². The fraction of sp³-hybridized carbons (Fsp3) is 0.706. The van der Waals surface area contributed by atoms with Crippen molar-refractivity contribution in [1.29, 1.82) is 0 Å². The van der Waals surface area contributed by atoms with Crippen LogP contribution in [0.15, 0.2) is 30.0 Å². The van der Waals surface area contributed by atoms with Gasteiger partial charge in [0.1, 0.15) is 0 Å². The van der Waals surface area contributed by atoms with Crippen LogP contribution in [0.3, 0.4) is 0 Å². The summed E-state index contributed by atoms with van der Waals surface area (Å²) in [6.07, 6.45) is 10.3. The van der Waals surface area contributed by atoms with Crippen LogP contribution in [-0.4, -0.2) is 24.3 Å². The van der Waals surface area contributed by atoms with Crippen molar-refractivity contribution < 1.29 is 58.0 Å². The molecule has 0 heterocycles. The summed E-state index contributed by atoms with van der Waals surface area (Å²) in [5, 5.41) is 8.55. The zero-order valence-corrected chi connectivity index (χ0v) is 17.2. The summed E-state index contributed by atoms with van der Waals surface area (Å²) in [6, 6.07) is 1.30. The minimum Gasteiger partial charge on any atom is -1.00 e. The summed E-state index contributed by atoms with van der Waals surface area (Å²) in [4.78, 5) is 4.12. The van der Waals surface area contributed by atoms with E-state index in [4.69, 9.17) is 0 Å². The van der Waals surface area contributed by atoms with Crippen LogP contribution in [-0.2, 0) is 0 Å². The molecule has 0 saturated heterocycles. The summed E-state index contributed by atoms with van der Waals surface area (Å²) < 4.78 is 0. The van der Waals surface area contributed by atoms with Gasteiger partial charge >= 0.3 is 56.6 Å². The quantitative estimate of drug-likeness (QED) is 0.321. The average Bonchev–Trinajstić information content (AvgIpc) is 2.48. The van der Waals surface area contributed by atoms with Crippen molar-refractivity contribution in [1.82, 2.24) is 0 Å². The van der Waals surface area contributed by atoms with E-state index in [2.05, 4.69) is 63.7 Å². The molecule has 0 aliphatic carbocycles. The van der Waals surface area contributed by atoms with Gasteiger partial charge in [-0.25, -0.2) is 12.4 Å². The van der Waals surface area contributed by atoms with Gasteiger partial charge in [0.05, 0.1) is 0 Å². The Morgan fingerprint density at radius 1 is 0.870 bits per heavy atom. The van der Waals surface area contributed by atoms with E-state index >= 15 is 0 Å². The SMILES string of the molecule is C=CC=NC(C)CC.CCC(C)[N-]/C=C\[N-]C(C)CC.[H-].[Li+].[Li+].[Li+]. The molecule has 0 aliphatic rings. The molecule has 0 aromatic carbocycles. The van der Waals surface area contributed by atoms with Crippen molar-refractivity contribution in [3.8, 4) is 0 Å². The number of nitrogens with zero attached hydrogens (tertiary/aromatic N) is 3. The largest absolute Gasteiger partial charge is 1.00 e. The van der Waals surface area contributed by atoms with E-state index in [0.29, 0.717) is 18.1 Å². The fourth-order valence-corrected chi connectivity index (χ4v) is 0.895. The maximum Gasteiger partial charge on any atom is 1.00 e. The molecule has 3 unspecified atom stereocenters. The summed E-state index contributed by atoms with van der Waals surface area (Å²) in [7, 11) is 0. The van der Waals surface area contributed by atoms with Gasteiger partial charge in [0, 0.05) is 12.3 Å². The molecular weight excluding hydrogens is 267 g/mol. The second kappa shape index (κ2) is 27.4. The maximum atomic E-state index is 4.27. The fourth-order valence-electron chi connectivity index (χ4n) is 0.895. The van der Waals surface area contributed by atoms with Crippen molar-refractivity contribution in [2.24, 2.45) is 4.99 Å². The summed E-state index contributed by atoms with van der Waals surface area (Å²) in [6.45, 7) is 16.2. The first-order valence-electron chi connectivity index (χ1n) is 7.70. The second-order valence-electron chi connectivity index (χ2n) is 4.90. The normalized spacial score (nSPS) is 13.3. The molecule has 6 heteroatoms. The number of hydrogen-bond acceptors (Lipinski definition) is 1. The monoisotopic (exact) mass is 301 g/mol. The summed E-state index contributed by atoms with van der Waals surface area (Å²) in [5.41, 5.74) is 0. The molecule has 0 bridgehead atoms. The first-order chi connectivity index (χ1) is 9.51. The molecule has 0 N–H and O–H groups in total. The second-order valence-corrected chi connectivity index (χ2v) is 4.90. The predicted molar refractivity (Wildman–Crippen MR) is 94.9 cm³/mol. The predicted octanol–water partition coefficient (Wildman–Crippen LogP) is -3.03. The number of rotatable bonds is 9. The molecule has 0 fully saturated rings. The zero-order chi connectivity index (χ0) is 15.8. The minimum absolute atomic E-state index is 0. The van der Waals surface area contributed by atoms with Gasteiger partial charge in [0.15, 0.2) is 0 Å². The van der Waals surface area contributed by atoms with Gasteiger partial charge in [0.2, 0.25) is 0 Å². The van der Waals surface area contributed by atoms with E-state index in [1.165, 1.54) is 0 Å². The van der Waals surface area contributed by atoms with Crippen molar-refractivity contribution >= 4 is 6.21 Å². The molecule has 0 radical (unpaired) electrons. The van der Waals surface area contributed by atoms with Gasteiger partial charge in [-0.1, -0.05) is 60.1 Å². The van der Waals surface area contributed by atoms with Gasteiger partial charge in [-0.15, -0.1) is 12.1 Å². The molecule has 0 aromatic rings. The van der Waals surface area contributed by atoms with Gasteiger partial charge in [0.25, 0.3) is 0 Å². The van der Waals surface area contributed by atoms with Gasteiger partial charge in [-0.2, -0.15) is 0 Å². The molecule has 3 nitrogen and oxygen atoms in total. The van der Waals surface area contributed by atoms with Crippen LogP contribution in [0.1, 0.15) is 62.2 Å². The third-order valence-electron chi connectivity index (χ3n) is 2.97. The van der Waals surface area contributed by atoms with Gasteiger partial charge < -0.3 is 12.1 Å². The number of aliphatic imine (C=N–C) groups is 1. The van der Waals surface area contributed by atoms with Crippen LogP contribution in [0.2, 0.25) is 0 Å². The van der Waals surface area contributed by atoms with Gasteiger partial charge in [-0.3, -0.25) is 4.99 Å². The molecular formula is C17H34Li3N3. The standard InChI is InChI=1S/C10H20N2.C7H13N.3Li.H/c1-5-9(3)11-7-8-12-10(4)6-2;1-4-6-8-7(3)5-2;;;;/h7-10H,5-6H2,1-4H3;4,6-7H,1,5H2,2-3H3;;;;/q-2;;3*+1;-1/b8-7-;;;;;. The van der Waals surface area contributed by atoms with Crippen molar-refractivity contribution in [2.75, 3.05) is 0 Å². The summed E-state index contributed by atoms with van der Waals surface area (Å²) in [5.74, 6) is 0. The molecule has 0 aromatic heterocycles. The summed E-state index contributed by atoms with van der Waals surface area (Å²) >= 11 is 0. The van der Waals surface area contributed by atoms with Crippen LogP contribution < -0.4 is 56.6 Å². The van der Waals surface area contributed by atoms with E-state index in [1.807, 2.05) is 0 Å². The smallest absolute Gasteiger partial charge is 1.00 e. The van der Waals surface area contributed by atoms with E-state index in [-0.39, 0.29) is 58.0 Å². The Morgan fingerprint density at radius 3 is 1.52 bits per heavy atom. The van der Waals surface area contributed by atoms with Crippen molar-refractivity contribution in [3.05, 3.63) is 35.7 Å². The molecule has 0 aliphatic heterocycles. The van der Waals surface area contributed by atoms with Gasteiger partial charge in [-0.05, 0) is 13.3 Å². The Balaban J connectivity index is -0.0000000609. The van der Waals surface area contributed by atoms with Crippen molar-refractivity contribution in [3.63, 3.8) is 0 Å².